The van der Waals surface area contributed by atoms with E-state index in [4.69, 9.17) is 9.52 Å². The molecule has 2 aromatic heterocycles. The molecule has 150 valence electrons. The highest BCUT2D eigenvalue weighted by molar-refractivity contribution is 14.0. The molecule has 1 saturated heterocycles. The second-order valence-corrected chi connectivity index (χ2v) is 6.82. The average Bonchev–Trinajstić information content (AvgIpc) is 3.33. The topological polar surface area (TPSA) is 108 Å². The number of nitrogens with zero attached hydrogens (tertiary/aromatic N) is 6. The first-order valence-electron chi connectivity index (χ1n) is 9.38. The first-order chi connectivity index (χ1) is 12.7. The largest absolute Gasteiger partial charge is 0.357 e. The van der Waals surface area contributed by atoms with E-state index in [9.17, 15) is 0 Å². The van der Waals surface area contributed by atoms with Crippen LogP contribution < -0.4 is 5.32 Å². The van der Waals surface area contributed by atoms with E-state index >= 15 is 0 Å². The highest BCUT2D eigenvalue weighted by Crippen LogP contribution is 2.24. The van der Waals surface area contributed by atoms with Crippen molar-refractivity contribution < 1.29 is 4.52 Å². The van der Waals surface area contributed by atoms with E-state index < -0.39 is 0 Å². The van der Waals surface area contributed by atoms with Crippen LogP contribution in [0.2, 0.25) is 0 Å². The van der Waals surface area contributed by atoms with Crippen molar-refractivity contribution in [2.24, 2.45) is 4.99 Å². The number of H-pyrrole nitrogens is 1. The molecule has 0 aromatic carbocycles. The number of hydrogen-bond donors (Lipinski definition) is 2. The smallest absolute Gasteiger partial charge is 0.228 e. The number of aromatic nitrogens is 5. The number of nitrogens with one attached hydrogen (secondary N) is 2. The molecule has 0 bridgehead atoms. The van der Waals surface area contributed by atoms with Gasteiger partial charge in [0.15, 0.2) is 11.8 Å². The van der Waals surface area contributed by atoms with Gasteiger partial charge < -0.3 is 14.7 Å². The molecule has 0 saturated carbocycles. The van der Waals surface area contributed by atoms with Crippen LogP contribution in [0.5, 0.6) is 0 Å². The molecule has 10 heteroatoms. The van der Waals surface area contributed by atoms with Crippen LogP contribution >= 0.6 is 24.0 Å². The lowest BCUT2D eigenvalue weighted by Gasteiger charge is -2.33. The zero-order valence-corrected chi connectivity index (χ0v) is 18.5. The highest BCUT2D eigenvalue weighted by atomic mass is 127. The van der Waals surface area contributed by atoms with Crippen LogP contribution in [0.3, 0.4) is 0 Å². The maximum atomic E-state index is 5.29. The Labute approximate surface area is 176 Å². The zero-order chi connectivity index (χ0) is 18.4. The van der Waals surface area contributed by atoms with Crippen LogP contribution in [-0.4, -0.2) is 62.4 Å². The van der Waals surface area contributed by atoms with E-state index in [0.29, 0.717) is 24.8 Å². The molecule has 3 heterocycles. The van der Waals surface area contributed by atoms with Crippen molar-refractivity contribution in [3.05, 3.63) is 23.9 Å². The lowest BCUT2D eigenvalue weighted by molar-refractivity contribution is 0.298. The predicted molar refractivity (Wildman–Crippen MR) is 113 cm³/mol. The summed E-state index contributed by atoms with van der Waals surface area (Å²) in [5.41, 5.74) is 0. The second kappa shape index (κ2) is 10.6. The minimum atomic E-state index is 0. The van der Waals surface area contributed by atoms with Gasteiger partial charge in [0, 0.05) is 37.9 Å². The molecule has 3 rings (SSSR count). The van der Waals surface area contributed by atoms with Crippen molar-refractivity contribution in [3.63, 3.8) is 0 Å². The van der Waals surface area contributed by atoms with Crippen molar-refractivity contribution in [3.8, 4) is 0 Å². The third-order valence-corrected chi connectivity index (χ3v) is 4.54. The standard InChI is InChI=1S/C17H28N8O.HI/c1-4-18-17(19-8-5-14-22-15(12(2)3)24-26-14)25-9-6-13(7-10-25)16-20-11-21-23-16;/h11-13H,4-10H2,1-3H3,(H,18,19)(H,20,21,23);1H. The summed E-state index contributed by atoms with van der Waals surface area (Å²) in [5, 5.41) is 14.3. The minimum absolute atomic E-state index is 0. The van der Waals surface area contributed by atoms with Gasteiger partial charge in [-0.3, -0.25) is 10.1 Å². The van der Waals surface area contributed by atoms with Crippen molar-refractivity contribution in [2.75, 3.05) is 26.2 Å². The lowest BCUT2D eigenvalue weighted by Crippen LogP contribution is -2.45. The Morgan fingerprint density at radius 2 is 2.19 bits per heavy atom. The number of aromatic amines is 1. The fraction of sp³-hybridized carbons (Fsp3) is 0.706. The molecule has 9 nitrogen and oxygen atoms in total. The molecule has 2 aromatic rings. The Balaban J connectivity index is 0.00000261. The fourth-order valence-corrected chi connectivity index (χ4v) is 3.06. The highest BCUT2D eigenvalue weighted by Gasteiger charge is 2.24. The summed E-state index contributed by atoms with van der Waals surface area (Å²) in [7, 11) is 0. The molecule has 0 spiro atoms. The number of piperidine rings is 1. The van der Waals surface area contributed by atoms with Gasteiger partial charge in [0.1, 0.15) is 12.2 Å². The summed E-state index contributed by atoms with van der Waals surface area (Å²) in [6.45, 7) is 9.58. The molecule has 0 radical (unpaired) electrons. The Kier molecular flexibility index (Phi) is 8.45. The molecule has 0 atom stereocenters. The van der Waals surface area contributed by atoms with Gasteiger partial charge in [0.2, 0.25) is 5.89 Å². The van der Waals surface area contributed by atoms with Gasteiger partial charge in [0.25, 0.3) is 0 Å². The number of likely N-dealkylation sites (tertiary alicyclic amines) is 1. The van der Waals surface area contributed by atoms with Crippen LogP contribution in [0.25, 0.3) is 0 Å². The average molecular weight is 488 g/mol. The molecular formula is C17H29IN8O. The Morgan fingerprint density at radius 3 is 2.78 bits per heavy atom. The zero-order valence-electron chi connectivity index (χ0n) is 16.2. The van der Waals surface area contributed by atoms with E-state index in [1.165, 1.54) is 0 Å². The van der Waals surface area contributed by atoms with Gasteiger partial charge in [-0.15, -0.1) is 24.0 Å². The molecule has 1 aliphatic rings. The summed E-state index contributed by atoms with van der Waals surface area (Å²) >= 11 is 0. The van der Waals surface area contributed by atoms with E-state index in [0.717, 1.165) is 50.1 Å². The van der Waals surface area contributed by atoms with Crippen LogP contribution in [0.15, 0.2) is 15.8 Å². The molecule has 2 N–H and O–H groups in total. The molecule has 0 aliphatic carbocycles. The van der Waals surface area contributed by atoms with Crippen molar-refractivity contribution in [1.82, 2.24) is 35.5 Å². The molecule has 1 fully saturated rings. The van der Waals surface area contributed by atoms with Gasteiger partial charge in [0.05, 0.1) is 6.54 Å². The lowest BCUT2D eigenvalue weighted by atomic mass is 9.96. The summed E-state index contributed by atoms with van der Waals surface area (Å²) in [6, 6.07) is 0. The number of hydrogen-bond acceptors (Lipinski definition) is 6. The van der Waals surface area contributed by atoms with Crippen LogP contribution in [0, 0.1) is 0 Å². The SMILES string of the molecule is CCNC(=NCCc1nc(C(C)C)no1)N1CCC(c2ncn[nH]2)CC1.I. The molecule has 27 heavy (non-hydrogen) atoms. The first-order valence-corrected chi connectivity index (χ1v) is 9.38. The van der Waals surface area contributed by atoms with Gasteiger partial charge in [-0.1, -0.05) is 19.0 Å². The van der Waals surface area contributed by atoms with Crippen LogP contribution in [-0.2, 0) is 6.42 Å². The van der Waals surface area contributed by atoms with Gasteiger partial charge in [-0.2, -0.15) is 10.1 Å². The molecule has 0 unspecified atom stereocenters. The maximum Gasteiger partial charge on any atom is 0.228 e. The minimum Gasteiger partial charge on any atom is -0.357 e. The number of rotatable bonds is 6. The van der Waals surface area contributed by atoms with Gasteiger partial charge in [-0.05, 0) is 19.8 Å². The van der Waals surface area contributed by atoms with Gasteiger partial charge >= 0.3 is 0 Å². The van der Waals surface area contributed by atoms with E-state index in [-0.39, 0.29) is 29.9 Å². The van der Waals surface area contributed by atoms with Crippen LogP contribution in [0.1, 0.15) is 63.0 Å². The van der Waals surface area contributed by atoms with Crippen molar-refractivity contribution >= 4 is 29.9 Å². The molecule has 1 aliphatic heterocycles. The third kappa shape index (κ3) is 5.88. The van der Waals surface area contributed by atoms with Crippen molar-refractivity contribution in [1.29, 1.82) is 0 Å². The van der Waals surface area contributed by atoms with E-state index in [2.05, 4.69) is 56.3 Å². The predicted octanol–water partition coefficient (Wildman–Crippen LogP) is 2.32. The van der Waals surface area contributed by atoms with E-state index in [1.807, 2.05) is 0 Å². The first kappa shape index (κ1) is 21.6. The number of aliphatic imine (C=N–C) groups is 1. The number of guanidine groups is 1. The van der Waals surface area contributed by atoms with Crippen LogP contribution in [0.4, 0.5) is 0 Å². The third-order valence-electron chi connectivity index (χ3n) is 4.54. The Morgan fingerprint density at radius 1 is 1.41 bits per heavy atom. The van der Waals surface area contributed by atoms with Gasteiger partial charge in [-0.25, -0.2) is 4.98 Å². The fourth-order valence-electron chi connectivity index (χ4n) is 3.06. The molecular weight excluding hydrogens is 459 g/mol. The van der Waals surface area contributed by atoms with E-state index in [1.54, 1.807) is 6.33 Å². The van der Waals surface area contributed by atoms with Crippen molar-refractivity contribution in [2.45, 2.75) is 51.9 Å². The second-order valence-electron chi connectivity index (χ2n) is 6.82. The summed E-state index contributed by atoms with van der Waals surface area (Å²) in [6.07, 6.45) is 4.32. The normalized spacial score (nSPS) is 15.9. The summed E-state index contributed by atoms with van der Waals surface area (Å²) in [5.74, 6) is 4.07. The maximum absolute atomic E-state index is 5.29. The molecule has 0 amide bonds. The monoisotopic (exact) mass is 488 g/mol. The number of halogens is 1. The quantitative estimate of drug-likeness (QED) is 0.365. The summed E-state index contributed by atoms with van der Waals surface area (Å²) < 4.78 is 5.29. The Bertz CT molecular complexity index is 692. The summed E-state index contributed by atoms with van der Waals surface area (Å²) in [4.78, 5) is 15.7. The Hall–Kier alpha value is -1.72.